The van der Waals surface area contributed by atoms with Gasteiger partial charge in [0.2, 0.25) is 0 Å². The summed E-state index contributed by atoms with van der Waals surface area (Å²) < 4.78 is 7.19. The van der Waals surface area contributed by atoms with Gasteiger partial charge in [-0.3, -0.25) is 0 Å². The molecule has 1 saturated carbocycles. The number of carbonyl (C=O) groups is 1. The highest BCUT2D eigenvalue weighted by molar-refractivity contribution is 5.89. The van der Waals surface area contributed by atoms with E-state index in [0.29, 0.717) is 36.9 Å². The topological polar surface area (TPSA) is 81.0 Å². The van der Waals surface area contributed by atoms with Crippen molar-refractivity contribution in [2.45, 2.75) is 45.6 Å². The average Bonchev–Trinajstić information content (AvgIpc) is 3.17. The molecule has 2 rings (SSSR count). The number of hydrogen-bond donors (Lipinski definition) is 1. The maximum atomic E-state index is 12.0. The van der Waals surface area contributed by atoms with Crippen molar-refractivity contribution in [2.24, 2.45) is 5.41 Å². The number of aromatic nitrogens is 1. The highest BCUT2D eigenvalue weighted by Gasteiger charge is 2.28. The van der Waals surface area contributed by atoms with E-state index in [4.69, 9.17) is 15.7 Å². The van der Waals surface area contributed by atoms with Gasteiger partial charge in [0.25, 0.3) is 0 Å². The molecule has 0 saturated heterocycles. The second-order valence-electron chi connectivity index (χ2n) is 6.03. The maximum absolute atomic E-state index is 12.0. The number of anilines is 1. The molecular weight excluding hydrogens is 254 g/mol. The molecule has 0 unspecified atom stereocenters. The summed E-state index contributed by atoms with van der Waals surface area (Å²) in [6.07, 6.45) is 5.37. The third-order valence-electron chi connectivity index (χ3n) is 3.50. The third-order valence-corrected chi connectivity index (χ3v) is 3.50. The van der Waals surface area contributed by atoms with Crippen molar-refractivity contribution in [3.8, 4) is 6.07 Å². The van der Waals surface area contributed by atoms with Crippen LogP contribution in [0.5, 0.6) is 0 Å². The van der Waals surface area contributed by atoms with E-state index < -0.39 is 0 Å². The number of ether oxygens (including phenoxy) is 1. The minimum atomic E-state index is -0.370. The van der Waals surface area contributed by atoms with E-state index >= 15 is 0 Å². The number of nitriles is 1. The molecular formula is C15H21N3O2. The van der Waals surface area contributed by atoms with Gasteiger partial charge in [-0.05, 0) is 45.6 Å². The molecule has 1 aliphatic rings. The molecule has 0 spiro atoms. The lowest BCUT2D eigenvalue weighted by Gasteiger charge is -2.14. The molecule has 0 radical (unpaired) electrons. The molecule has 2 N–H and O–H groups in total. The summed E-state index contributed by atoms with van der Waals surface area (Å²) in [7, 11) is 0. The van der Waals surface area contributed by atoms with Crippen LogP contribution >= 0.6 is 0 Å². The molecule has 0 bridgehead atoms. The van der Waals surface area contributed by atoms with Crippen molar-refractivity contribution < 1.29 is 9.53 Å². The van der Waals surface area contributed by atoms with Crippen LogP contribution in [0, 0.1) is 16.7 Å². The van der Waals surface area contributed by atoms with Gasteiger partial charge in [-0.2, -0.15) is 5.26 Å². The van der Waals surface area contributed by atoms with E-state index in [2.05, 4.69) is 6.07 Å². The number of carbonyl (C=O) groups excluding carboxylic acids is 1. The van der Waals surface area contributed by atoms with Crippen LogP contribution in [0.25, 0.3) is 0 Å². The SMILES string of the molecule is CC(C)(C#N)CCCOC(=O)c1cc(N)cn1C1CC1. The first-order valence-electron chi connectivity index (χ1n) is 6.99. The van der Waals surface area contributed by atoms with Crippen molar-refractivity contribution in [3.63, 3.8) is 0 Å². The molecule has 5 nitrogen and oxygen atoms in total. The van der Waals surface area contributed by atoms with Crippen molar-refractivity contribution in [1.29, 1.82) is 5.26 Å². The molecule has 1 aromatic rings. The first-order valence-corrected chi connectivity index (χ1v) is 6.99. The summed E-state index contributed by atoms with van der Waals surface area (Å²) in [6.45, 7) is 4.10. The standard InChI is InChI=1S/C15H21N3O2/c1-15(2,10-16)6-3-7-20-14(19)13-8-11(17)9-18(13)12-4-5-12/h8-9,12H,3-7,17H2,1-2H3. The van der Waals surface area contributed by atoms with Gasteiger partial charge in [0.1, 0.15) is 5.69 Å². The fraction of sp³-hybridized carbons (Fsp3) is 0.600. The van der Waals surface area contributed by atoms with E-state index in [1.807, 2.05) is 18.4 Å². The Balaban J connectivity index is 1.85. The van der Waals surface area contributed by atoms with Crippen molar-refractivity contribution in [3.05, 3.63) is 18.0 Å². The Morgan fingerprint density at radius 1 is 1.60 bits per heavy atom. The van der Waals surface area contributed by atoms with Gasteiger partial charge in [-0.25, -0.2) is 4.79 Å². The van der Waals surface area contributed by atoms with Gasteiger partial charge in [0.05, 0.1) is 23.8 Å². The Labute approximate surface area is 119 Å². The molecule has 0 aromatic carbocycles. The number of esters is 1. The fourth-order valence-corrected chi connectivity index (χ4v) is 2.13. The molecule has 0 atom stereocenters. The van der Waals surface area contributed by atoms with Gasteiger partial charge in [-0.1, -0.05) is 0 Å². The van der Waals surface area contributed by atoms with Crippen LogP contribution in [-0.4, -0.2) is 17.1 Å². The highest BCUT2D eigenvalue weighted by atomic mass is 16.5. The minimum absolute atomic E-state index is 0.330. The van der Waals surface area contributed by atoms with Gasteiger partial charge in [0, 0.05) is 12.2 Å². The normalized spacial score (nSPS) is 14.8. The lowest BCUT2D eigenvalue weighted by atomic mass is 9.90. The number of nitrogens with zero attached hydrogens (tertiary/aromatic N) is 2. The van der Waals surface area contributed by atoms with Crippen molar-refractivity contribution >= 4 is 11.7 Å². The largest absolute Gasteiger partial charge is 0.461 e. The van der Waals surface area contributed by atoms with Crippen LogP contribution < -0.4 is 5.73 Å². The van der Waals surface area contributed by atoms with Crippen molar-refractivity contribution in [1.82, 2.24) is 4.57 Å². The second-order valence-corrected chi connectivity index (χ2v) is 6.03. The fourth-order valence-electron chi connectivity index (χ4n) is 2.13. The van der Waals surface area contributed by atoms with Gasteiger partial charge in [0.15, 0.2) is 0 Å². The lowest BCUT2D eigenvalue weighted by Crippen LogP contribution is -2.14. The predicted molar refractivity (Wildman–Crippen MR) is 76.0 cm³/mol. The predicted octanol–water partition coefficient (Wildman–Crippen LogP) is 2.89. The number of hydrogen-bond acceptors (Lipinski definition) is 4. The average molecular weight is 275 g/mol. The Kier molecular flexibility index (Phi) is 4.03. The zero-order valence-electron chi connectivity index (χ0n) is 12.1. The third kappa shape index (κ3) is 3.53. The van der Waals surface area contributed by atoms with E-state index in [1.54, 1.807) is 12.3 Å². The van der Waals surface area contributed by atoms with Gasteiger partial charge >= 0.3 is 5.97 Å². The minimum Gasteiger partial charge on any atom is -0.461 e. The molecule has 5 heteroatoms. The van der Waals surface area contributed by atoms with Crippen LogP contribution in [-0.2, 0) is 4.74 Å². The molecule has 0 amide bonds. The Morgan fingerprint density at radius 3 is 2.90 bits per heavy atom. The number of nitrogen functional groups attached to an aromatic ring is 1. The summed E-state index contributed by atoms with van der Waals surface area (Å²) in [4.78, 5) is 12.0. The van der Waals surface area contributed by atoms with E-state index in [1.165, 1.54) is 0 Å². The second kappa shape index (κ2) is 5.58. The molecule has 1 aliphatic carbocycles. The lowest BCUT2D eigenvalue weighted by molar-refractivity contribution is 0.0478. The zero-order valence-corrected chi connectivity index (χ0v) is 12.1. The molecule has 108 valence electrons. The molecule has 1 heterocycles. The zero-order chi connectivity index (χ0) is 14.8. The van der Waals surface area contributed by atoms with Crippen LogP contribution in [0.4, 0.5) is 5.69 Å². The van der Waals surface area contributed by atoms with Gasteiger partial charge < -0.3 is 15.0 Å². The summed E-state index contributed by atoms with van der Waals surface area (Å²) in [5.41, 5.74) is 6.50. The summed E-state index contributed by atoms with van der Waals surface area (Å²) >= 11 is 0. The summed E-state index contributed by atoms with van der Waals surface area (Å²) in [5, 5.41) is 8.91. The van der Waals surface area contributed by atoms with Gasteiger partial charge in [-0.15, -0.1) is 0 Å². The molecule has 20 heavy (non-hydrogen) atoms. The Bertz CT molecular complexity index is 536. The first-order chi connectivity index (χ1) is 9.43. The molecule has 1 aromatic heterocycles. The Hall–Kier alpha value is -1.96. The van der Waals surface area contributed by atoms with E-state index in [-0.39, 0.29) is 11.4 Å². The smallest absolute Gasteiger partial charge is 0.355 e. The Morgan fingerprint density at radius 2 is 2.30 bits per heavy atom. The van der Waals surface area contributed by atoms with Crippen LogP contribution in [0.1, 0.15) is 56.1 Å². The van der Waals surface area contributed by atoms with Crippen LogP contribution in [0.3, 0.4) is 0 Å². The quantitative estimate of drug-likeness (QED) is 0.639. The first kappa shape index (κ1) is 14.4. The highest BCUT2D eigenvalue weighted by Crippen LogP contribution is 2.37. The molecule has 1 fully saturated rings. The summed E-state index contributed by atoms with van der Waals surface area (Å²) in [5.74, 6) is -0.330. The number of rotatable bonds is 6. The maximum Gasteiger partial charge on any atom is 0.355 e. The van der Waals surface area contributed by atoms with E-state index in [9.17, 15) is 4.79 Å². The van der Waals surface area contributed by atoms with Crippen molar-refractivity contribution in [2.75, 3.05) is 12.3 Å². The van der Waals surface area contributed by atoms with E-state index in [0.717, 1.165) is 12.8 Å². The van der Waals surface area contributed by atoms with Crippen LogP contribution in [0.2, 0.25) is 0 Å². The number of nitrogens with two attached hydrogens (primary N) is 1. The summed E-state index contributed by atoms with van der Waals surface area (Å²) in [6, 6.07) is 4.30. The molecule has 0 aliphatic heterocycles. The monoisotopic (exact) mass is 275 g/mol. The van der Waals surface area contributed by atoms with Crippen LogP contribution in [0.15, 0.2) is 12.3 Å².